The third kappa shape index (κ3) is 3.28. The Morgan fingerprint density at radius 2 is 2.24 bits per heavy atom. The summed E-state index contributed by atoms with van der Waals surface area (Å²) >= 11 is 0. The Balaban J connectivity index is 1.90. The molecule has 1 unspecified atom stereocenters. The molecule has 0 bridgehead atoms. The molecule has 0 radical (unpaired) electrons. The summed E-state index contributed by atoms with van der Waals surface area (Å²) in [6.45, 7) is 3.03. The average Bonchev–Trinajstić information content (AvgIpc) is 2.99. The number of aryl methyl sites for hydroxylation is 1. The number of hydrogen-bond donors (Lipinski definition) is 1. The lowest BCUT2D eigenvalue weighted by molar-refractivity contribution is 0.393. The van der Waals surface area contributed by atoms with Gasteiger partial charge >= 0.3 is 0 Å². The van der Waals surface area contributed by atoms with Gasteiger partial charge in [0.05, 0.1) is 0 Å². The van der Waals surface area contributed by atoms with Gasteiger partial charge in [0.15, 0.2) is 0 Å². The highest BCUT2D eigenvalue weighted by Crippen LogP contribution is 2.29. The number of hydrogen-bond acceptors (Lipinski definition) is 3. The minimum absolute atomic E-state index is 0.549. The first kappa shape index (κ1) is 12.6. The van der Waals surface area contributed by atoms with Crippen LogP contribution in [0.4, 0.5) is 0 Å². The predicted molar refractivity (Wildman–Crippen MR) is 68.8 cm³/mol. The molecule has 2 rings (SSSR count). The summed E-state index contributed by atoms with van der Waals surface area (Å²) < 4.78 is 2.00. The first-order valence-corrected chi connectivity index (χ1v) is 6.87. The largest absolute Gasteiger partial charge is 0.317 e. The highest BCUT2D eigenvalue weighted by Gasteiger charge is 2.20. The molecular weight excluding hydrogens is 212 g/mol. The smallest absolute Gasteiger partial charge is 0.138 e. The fourth-order valence-corrected chi connectivity index (χ4v) is 2.88. The molecule has 4 nitrogen and oxygen atoms in total. The highest BCUT2D eigenvalue weighted by molar-refractivity contribution is 4.90. The van der Waals surface area contributed by atoms with Crippen molar-refractivity contribution in [1.82, 2.24) is 20.1 Å². The van der Waals surface area contributed by atoms with E-state index in [0.29, 0.717) is 6.04 Å². The molecule has 1 fully saturated rings. The fourth-order valence-electron chi connectivity index (χ4n) is 2.88. The Bertz CT molecular complexity index is 328. The van der Waals surface area contributed by atoms with E-state index in [1.165, 1.54) is 32.1 Å². The molecule has 17 heavy (non-hydrogen) atoms. The van der Waals surface area contributed by atoms with Gasteiger partial charge in [-0.3, -0.25) is 4.68 Å². The van der Waals surface area contributed by atoms with Crippen molar-refractivity contribution in [3.63, 3.8) is 0 Å². The summed E-state index contributed by atoms with van der Waals surface area (Å²) in [5.41, 5.74) is 0. The lowest BCUT2D eigenvalue weighted by Crippen LogP contribution is -2.31. The third-order valence-electron chi connectivity index (χ3n) is 3.93. The van der Waals surface area contributed by atoms with Crippen molar-refractivity contribution < 1.29 is 0 Å². The van der Waals surface area contributed by atoms with Crippen molar-refractivity contribution >= 4 is 0 Å². The summed E-state index contributed by atoms with van der Waals surface area (Å²) in [4.78, 5) is 4.36. The van der Waals surface area contributed by atoms with Crippen LogP contribution in [0.25, 0.3) is 0 Å². The molecule has 4 heteroatoms. The van der Waals surface area contributed by atoms with Gasteiger partial charge in [0, 0.05) is 19.0 Å². The molecule has 0 aliphatic heterocycles. The predicted octanol–water partition coefficient (Wildman–Crippen LogP) is 2.01. The van der Waals surface area contributed by atoms with Gasteiger partial charge in [0.1, 0.15) is 12.2 Å². The van der Waals surface area contributed by atoms with Gasteiger partial charge in [-0.15, -0.1) is 0 Å². The normalized spacial score (nSPS) is 18.7. The standard InChI is InChI=1S/C13H24N4/c1-3-17-13(15-10-16-17)9-12(14-2)8-11-6-4-5-7-11/h10-12,14H,3-9H2,1-2H3. The molecule has 0 amide bonds. The number of rotatable bonds is 6. The molecule has 0 saturated heterocycles. The minimum atomic E-state index is 0.549. The van der Waals surface area contributed by atoms with E-state index in [1.807, 2.05) is 4.68 Å². The van der Waals surface area contributed by atoms with Gasteiger partial charge in [0.2, 0.25) is 0 Å². The molecule has 1 saturated carbocycles. The zero-order chi connectivity index (χ0) is 12.1. The SMILES string of the molecule is CCn1ncnc1CC(CC1CCCC1)NC. The molecule has 1 atom stereocenters. The Morgan fingerprint density at radius 1 is 1.47 bits per heavy atom. The maximum absolute atomic E-state index is 4.36. The topological polar surface area (TPSA) is 42.7 Å². The van der Waals surface area contributed by atoms with E-state index in [1.54, 1.807) is 6.33 Å². The van der Waals surface area contributed by atoms with Gasteiger partial charge in [-0.25, -0.2) is 4.98 Å². The van der Waals surface area contributed by atoms with Crippen LogP contribution in [0.1, 0.15) is 44.9 Å². The second kappa shape index (κ2) is 6.15. The van der Waals surface area contributed by atoms with E-state index in [4.69, 9.17) is 0 Å². The monoisotopic (exact) mass is 236 g/mol. The maximum atomic E-state index is 4.36. The van der Waals surface area contributed by atoms with Crippen LogP contribution in [0.5, 0.6) is 0 Å². The van der Waals surface area contributed by atoms with Crippen molar-refractivity contribution in [2.45, 2.75) is 58.0 Å². The maximum Gasteiger partial charge on any atom is 0.138 e. The quantitative estimate of drug-likeness (QED) is 0.821. The molecule has 1 aliphatic carbocycles. The van der Waals surface area contributed by atoms with Gasteiger partial charge < -0.3 is 5.32 Å². The molecule has 1 aliphatic rings. The van der Waals surface area contributed by atoms with Gasteiger partial charge in [0.25, 0.3) is 0 Å². The molecule has 0 spiro atoms. The summed E-state index contributed by atoms with van der Waals surface area (Å²) in [6.07, 6.45) is 9.63. The van der Waals surface area contributed by atoms with Gasteiger partial charge in [-0.2, -0.15) is 5.10 Å². The third-order valence-corrected chi connectivity index (χ3v) is 3.93. The summed E-state index contributed by atoms with van der Waals surface area (Å²) in [7, 11) is 2.06. The van der Waals surface area contributed by atoms with Crippen LogP contribution in [-0.4, -0.2) is 27.9 Å². The molecule has 0 aromatic carbocycles. The van der Waals surface area contributed by atoms with E-state index in [0.717, 1.165) is 24.7 Å². The Morgan fingerprint density at radius 3 is 2.88 bits per heavy atom. The Kier molecular flexibility index (Phi) is 4.54. The molecule has 96 valence electrons. The lowest BCUT2D eigenvalue weighted by Gasteiger charge is -2.19. The Hall–Kier alpha value is -0.900. The zero-order valence-electron chi connectivity index (χ0n) is 11.0. The van der Waals surface area contributed by atoms with E-state index in [9.17, 15) is 0 Å². The van der Waals surface area contributed by atoms with Crippen LogP contribution in [0.15, 0.2) is 6.33 Å². The molecule has 1 aromatic heterocycles. The van der Waals surface area contributed by atoms with Crippen LogP contribution in [0.2, 0.25) is 0 Å². The van der Waals surface area contributed by atoms with Crippen molar-refractivity contribution in [2.24, 2.45) is 5.92 Å². The first-order chi connectivity index (χ1) is 8.33. The number of aromatic nitrogens is 3. The molecular formula is C13H24N4. The number of nitrogens with one attached hydrogen (secondary N) is 1. The summed E-state index contributed by atoms with van der Waals surface area (Å²) in [6, 6.07) is 0.549. The van der Waals surface area contributed by atoms with Crippen LogP contribution >= 0.6 is 0 Å². The Labute approximate surface area is 104 Å². The van der Waals surface area contributed by atoms with Crippen LogP contribution in [0.3, 0.4) is 0 Å². The summed E-state index contributed by atoms with van der Waals surface area (Å²) in [5, 5.41) is 7.67. The van der Waals surface area contributed by atoms with Crippen LogP contribution in [0, 0.1) is 5.92 Å². The average molecular weight is 236 g/mol. The summed E-state index contributed by atoms with van der Waals surface area (Å²) in [5.74, 6) is 2.04. The molecule has 1 heterocycles. The van der Waals surface area contributed by atoms with E-state index >= 15 is 0 Å². The second-order valence-electron chi connectivity index (χ2n) is 5.07. The fraction of sp³-hybridized carbons (Fsp3) is 0.846. The molecule has 1 aromatic rings. The van der Waals surface area contributed by atoms with Crippen molar-refractivity contribution in [3.05, 3.63) is 12.2 Å². The molecule has 1 N–H and O–H groups in total. The van der Waals surface area contributed by atoms with E-state index < -0.39 is 0 Å². The van der Waals surface area contributed by atoms with Crippen molar-refractivity contribution in [2.75, 3.05) is 7.05 Å². The van der Waals surface area contributed by atoms with Crippen molar-refractivity contribution in [3.8, 4) is 0 Å². The van der Waals surface area contributed by atoms with Gasteiger partial charge in [-0.05, 0) is 26.3 Å². The first-order valence-electron chi connectivity index (χ1n) is 6.87. The minimum Gasteiger partial charge on any atom is -0.317 e. The number of likely N-dealkylation sites (N-methyl/N-ethyl adjacent to an activating group) is 1. The second-order valence-corrected chi connectivity index (χ2v) is 5.07. The number of nitrogens with zero attached hydrogens (tertiary/aromatic N) is 3. The van der Waals surface area contributed by atoms with Crippen molar-refractivity contribution in [1.29, 1.82) is 0 Å². The van der Waals surface area contributed by atoms with E-state index in [2.05, 4.69) is 29.4 Å². The zero-order valence-corrected chi connectivity index (χ0v) is 11.0. The van der Waals surface area contributed by atoms with Crippen LogP contribution < -0.4 is 5.32 Å². The highest BCUT2D eigenvalue weighted by atomic mass is 15.3. The van der Waals surface area contributed by atoms with E-state index in [-0.39, 0.29) is 0 Å². The lowest BCUT2D eigenvalue weighted by atomic mass is 9.96. The van der Waals surface area contributed by atoms with Crippen LogP contribution in [-0.2, 0) is 13.0 Å². The van der Waals surface area contributed by atoms with Gasteiger partial charge in [-0.1, -0.05) is 25.7 Å².